The molecule has 0 bridgehead atoms. The molecule has 2 aromatic heterocycles. The Labute approximate surface area is 86.8 Å². The molecule has 0 radical (unpaired) electrons. The first-order chi connectivity index (χ1) is 7.34. The van der Waals surface area contributed by atoms with Crippen molar-refractivity contribution in [2.45, 2.75) is 13.3 Å². The average molecular weight is 205 g/mol. The summed E-state index contributed by atoms with van der Waals surface area (Å²) in [5.74, 6) is 1.50. The van der Waals surface area contributed by atoms with E-state index >= 15 is 0 Å². The van der Waals surface area contributed by atoms with E-state index in [1.54, 1.807) is 0 Å². The minimum atomic E-state index is 0.688. The van der Waals surface area contributed by atoms with E-state index in [2.05, 4.69) is 29.9 Å². The second kappa shape index (κ2) is 4.50. The molecule has 2 aromatic rings. The number of hydrogen-bond donors (Lipinski definition) is 1. The Kier molecular flexibility index (Phi) is 2.87. The molecule has 15 heavy (non-hydrogen) atoms. The Balaban J connectivity index is 1.83. The van der Waals surface area contributed by atoms with Crippen LogP contribution in [0.15, 0.2) is 23.3 Å². The van der Waals surface area contributed by atoms with E-state index < -0.39 is 0 Å². The maximum absolute atomic E-state index is 4.62. The van der Waals surface area contributed by atoms with Gasteiger partial charge in [-0.2, -0.15) is 4.98 Å². The Morgan fingerprint density at radius 1 is 1.33 bits per heavy atom. The third-order valence-electron chi connectivity index (χ3n) is 1.87. The van der Waals surface area contributed by atoms with Crippen LogP contribution in [0.3, 0.4) is 0 Å². The van der Waals surface area contributed by atoms with Crippen LogP contribution in [0.25, 0.3) is 0 Å². The fraction of sp³-hybridized carbons (Fsp3) is 0.333. The molecular formula is C9H11N5O. The average Bonchev–Trinajstić information content (AvgIpc) is 2.71. The Morgan fingerprint density at radius 2 is 2.27 bits per heavy atom. The lowest BCUT2D eigenvalue weighted by atomic mass is 10.4. The van der Waals surface area contributed by atoms with Crippen LogP contribution < -0.4 is 5.32 Å². The van der Waals surface area contributed by atoms with Crippen molar-refractivity contribution in [3.63, 3.8) is 0 Å². The van der Waals surface area contributed by atoms with E-state index in [-0.39, 0.29) is 0 Å². The fourth-order valence-corrected chi connectivity index (χ4v) is 1.16. The largest absolute Gasteiger partial charge is 0.370 e. The number of aromatic nitrogens is 4. The predicted octanol–water partition coefficient (Wildman–Crippen LogP) is 0.823. The highest BCUT2D eigenvalue weighted by Crippen LogP contribution is 2.02. The molecule has 0 aromatic carbocycles. The van der Waals surface area contributed by atoms with Gasteiger partial charge >= 0.3 is 0 Å². The van der Waals surface area contributed by atoms with Gasteiger partial charge in [0.1, 0.15) is 12.1 Å². The van der Waals surface area contributed by atoms with Crippen molar-refractivity contribution >= 4 is 5.82 Å². The van der Waals surface area contributed by atoms with Gasteiger partial charge in [-0.3, -0.25) is 0 Å². The van der Waals surface area contributed by atoms with Crippen LogP contribution >= 0.6 is 0 Å². The van der Waals surface area contributed by atoms with Gasteiger partial charge in [0.25, 0.3) is 0 Å². The van der Waals surface area contributed by atoms with Crippen LogP contribution in [0.2, 0.25) is 0 Å². The maximum Gasteiger partial charge on any atom is 0.213 e. The second-order valence-corrected chi connectivity index (χ2v) is 3.07. The van der Waals surface area contributed by atoms with Gasteiger partial charge in [-0.15, -0.1) is 0 Å². The molecule has 6 heteroatoms. The minimum Gasteiger partial charge on any atom is -0.370 e. The van der Waals surface area contributed by atoms with Crippen molar-refractivity contribution in [2.24, 2.45) is 0 Å². The smallest absolute Gasteiger partial charge is 0.213 e. The standard InChI is InChI=1S/C9H11N5O/c1-7-4-9(12-5-11-7)10-3-2-8-13-6-15-14-8/h4-6H,2-3H2,1H3,(H,10,11,12). The maximum atomic E-state index is 4.62. The summed E-state index contributed by atoms with van der Waals surface area (Å²) in [5, 5.41) is 6.86. The van der Waals surface area contributed by atoms with Crippen molar-refractivity contribution in [1.29, 1.82) is 0 Å². The van der Waals surface area contributed by atoms with Crippen molar-refractivity contribution in [2.75, 3.05) is 11.9 Å². The van der Waals surface area contributed by atoms with Crippen molar-refractivity contribution in [3.05, 3.63) is 30.3 Å². The molecule has 0 aliphatic heterocycles. The molecule has 0 saturated heterocycles. The van der Waals surface area contributed by atoms with E-state index in [0.717, 1.165) is 18.1 Å². The van der Waals surface area contributed by atoms with E-state index in [9.17, 15) is 0 Å². The van der Waals surface area contributed by atoms with Crippen LogP contribution in [0.1, 0.15) is 11.5 Å². The second-order valence-electron chi connectivity index (χ2n) is 3.07. The summed E-state index contributed by atoms with van der Waals surface area (Å²) in [6.45, 7) is 2.64. The first-order valence-corrected chi connectivity index (χ1v) is 4.62. The van der Waals surface area contributed by atoms with Crippen LogP contribution in [-0.2, 0) is 6.42 Å². The molecule has 0 unspecified atom stereocenters. The number of hydrogen-bond acceptors (Lipinski definition) is 6. The van der Waals surface area contributed by atoms with Crippen LogP contribution in [-0.4, -0.2) is 26.7 Å². The lowest BCUT2D eigenvalue weighted by Gasteiger charge is -2.03. The van der Waals surface area contributed by atoms with E-state index in [0.29, 0.717) is 12.2 Å². The molecule has 6 nitrogen and oxygen atoms in total. The van der Waals surface area contributed by atoms with E-state index in [1.807, 2.05) is 13.0 Å². The van der Waals surface area contributed by atoms with Crippen LogP contribution in [0.5, 0.6) is 0 Å². The molecule has 0 aliphatic carbocycles. The monoisotopic (exact) mass is 205 g/mol. The number of nitrogens with zero attached hydrogens (tertiary/aromatic N) is 4. The lowest BCUT2D eigenvalue weighted by Crippen LogP contribution is -2.07. The summed E-state index contributed by atoms with van der Waals surface area (Å²) in [7, 11) is 0. The highest BCUT2D eigenvalue weighted by Gasteiger charge is 1.98. The summed E-state index contributed by atoms with van der Waals surface area (Å²) in [4.78, 5) is 12.0. The van der Waals surface area contributed by atoms with Crippen LogP contribution in [0, 0.1) is 6.92 Å². The fourth-order valence-electron chi connectivity index (χ4n) is 1.16. The van der Waals surface area contributed by atoms with Gasteiger partial charge < -0.3 is 9.84 Å². The number of rotatable bonds is 4. The zero-order valence-corrected chi connectivity index (χ0v) is 8.34. The van der Waals surface area contributed by atoms with Gasteiger partial charge in [0, 0.05) is 24.7 Å². The number of anilines is 1. The molecule has 2 heterocycles. The zero-order valence-electron chi connectivity index (χ0n) is 8.34. The molecule has 0 spiro atoms. The lowest BCUT2D eigenvalue weighted by molar-refractivity contribution is 0.410. The third kappa shape index (κ3) is 2.73. The van der Waals surface area contributed by atoms with Gasteiger partial charge in [0.05, 0.1) is 0 Å². The summed E-state index contributed by atoms with van der Waals surface area (Å²) in [5.41, 5.74) is 0.937. The molecule has 78 valence electrons. The van der Waals surface area contributed by atoms with Crippen molar-refractivity contribution in [1.82, 2.24) is 20.1 Å². The van der Waals surface area contributed by atoms with Gasteiger partial charge in [0.15, 0.2) is 5.82 Å². The first kappa shape index (κ1) is 9.57. The zero-order chi connectivity index (χ0) is 10.5. The summed E-state index contributed by atoms with van der Waals surface area (Å²) in [6.07, 6.45) is 3.57. The molecule has 1 N–H and O–H groups in total. The Morgan fingerprint density at radius 3 is 3.00 bits per heavy atom. The number of aryl methyl sites for hydroxylation is 1. The molecule has 0 fully saturated rings. The third-order valence-corrected chi connectivity index (χ3v) is 1.87. The molecule has 0 atom stereocenters. The van der Waals surface area contributed by atoms with Gasteiger partial charge in [-0.25, -0.2) is 9.97 Å². The first-order valence-electron chi connectivity index (χ1n) is 4.62. The normalized spacial score (nSPS) is 10.2. The molecule has 0 amide bonds. The van der Waals surface area contributed by atoms with E-state index in [4.69, 9.17) is 0 Å². The Bertz CT molecular complexity index is 414. The number of nitrogens with one attached hydrogen (secondary N) is 1. The summed E-state index contributed by atoms with van der Waals surface area (Å²) in [6, 6.07) is 1.89. The molecular weight excluding hydrogens is 194 g/mol. The summed E-state index contributed by atoms with van der Waals surface area (Å²) < 4.78 is 4.62. The van der Waals surface area contributed by atoms with Gasteiger partial charge in [-0.05, 0) is 6.92 Å². The quantitative estimate of drug-likeness (QED) is 0.796. The van der Waals surface area contributed by atoms with Crippen LogP contribution in [0.4, 0.5) is 5.82 Å². The Hall–Kier alpha value is -1.98. The van der Waals surface area contributed by atoms with Crippen molar-refractivity contribution < 1.29 is 4.52 Å². The highest BCUT2D eigenvalue weighted by atomic mass is 16.5. The predicted molar refractivity (Wildman–Crippen MR) is 53.3 cm³/mol. The van der Waals surface area contributed by atoms with Gasteiger partial charge in [-0.1, -0.05) is 5.16 Å². The molecule has 2 rings (SSSR count). The topological polar surface area (TPSA) is 76.7 Å². The summed E-state index contributed by atoms with van der Waals surface area (Å²) >= 11 is 0. The molecule has 0 aliphatic rings. The van der Waals surface area contributed by atoms with Gasteiger partial charge in [0.2, 0.25) is 6.39 Å². The minimum absolute atomic E-state index is 0.688. The molecule has 0 saturated carbocycles. The van der Waals surface area contributed by atoms with Crippen molar-refractivity contribution in [3.8, 4) is 0 Å². The van der Waals surface area contributed by atoms with E-state index in [1.165, 1.54) is 12.7 Å². The highest BCUT2D eigenvalue weighted by molar-refractivity contribution is 5.34. The SMILES string of the molecule is Cc1cc(NCCc2ncon2)ncn1.